The minimum Gasteiger partial charge on any atom is -0.495 e. The molecule has 0 unspecified atom stereocenters. The highest BCUT2D eigenvalue weighted by Crippen LogP contribution is 2.37. The second kappa shape index (κ2) is 8.00. The van der Waals surface area contributed by atoms with E-state index in [1.54, 1.807) is 6.07 Å². The van der Waals surface area contributed by atoms with Crippen LogP contribution in [0, 0.1) is 11.8 Å². The highest BCUT2D eigenvalue weighted by atomic mass is 35.5. The van der Waals surface area contributed by atoms with Crippen molar-refractivity contribution < 1.29 is 23.9 Å². The molecule has 0 aromatic heterocycles. The topological polar surface area (TPSA) is 84.9 Å². The fourth-order valence-electron chi connectivity index (χ4n) is 3.47. The molecule has 1 aromatic carbocycles. The average molecular weight is 393 g/mol. The highest BCUT2D eigenvalue weighted by molar-refractivity contribution is 6.32. The quantitative estimate of drug-likeness (QED) is 0.594. The Hall–Kier alpha value is -2.54. The number of carbonyl (C=O) groups is 3. The van der Waals surface area contributed by atoms with Crippen molar-refractivity contribution >= 4 is 35.0 Å². The molecule has 3 rings (SSSR count). The van der Waals surface area contributed by atoms with Crippen LogP contribution in [0.5, 0.6) is 11.5 Å². The number of halogens is 1. The normalized spacial score (nSPS) is 21.2. The Morgan fingerprint density at radius 2 is 1.70 bits per heavy atom. The van der Waals surface area contributed by atoms with Gasteiger partial charge in [-0.3, -0.25) is 19.3 Å². The zero-order valence-corrected chi connectivity index (χ0v) is 15.9. The molecular weight excluding hydrogens is 372 g/mol. The molecule has 0 radical (unpaired) electrons. The van der Waals surface area contributed by atoms with Crippen molar-refractivity contribution in [2.45, 2.75) is 19.3 Å². The minimum absolute atomic E-state index is 0.00283. The lowest BCUT2D eigenvalue weighted by molar-refractivity contribution is -0.140. The zero-order chi connectivity index (χ0) is 19.6. The van der Waals surface area contributed by atoms with Gasteiger partial charge in [0.25, 0.3) is 0 Å². The van der Waals surface area contributed by atoms with E-state index >= 15 is 0 Å². The fourth-order valence-corrected chi connectivity index (χ4v) is 3.71. The van der Waals surface area contributed by atoms with Gasteiger partial charge in [-0.25, -0.2) is 0 Å². The molecular formula is C19H21ClN2O5. The number of benzene rings is 1. The maximum atomic E-state index is 12.4. The van der Waals surface area contributed by atoms with E-state index in [2.05, 4.69) is 5.32 Å². The van der Waals surface area contributed by atoms with Crippen molar-refractivity contribution in [3.63, 3.8) is 0 Å². The predicted octanol–water partition coefficient (Wildman–Crippen LogP) is 2.64. The Morgan fingerprint density at radius 1 is 1.11 bits per heavy atom. The summed E-state index contributed by atoms with van der Waals surface area (Å²) in [7, 11) is 2.95. The predicted molar refractivity (Wildman–Crippen MR) is 99.9 cm³/mol. The smallest absolute Gasteiger partial charge is 0.233 e. The van der Waals surface area contributed by atoms with Crippen LogP contribution in [0.2, 0.25) is 5.02 Å². The Bertz CT molecular complexity index is 782. The number of carbonyl (C=O) groups excluding carboxylic acids is 3. The van der Waals surface area contributed by atoms with Gasteiger partial charge in [-0.05, 0) is 18.9 Å². The third-order valence-electron chi connectivity index (χ3n) is 4.91. The van der Waals surface area contributed by atoms with E-state index in [1.165, 1.54) is 25.2 Å². The number of allylic oxidation sites excluding steroid dienone is 2. The lowest BCUT2D eigenvalue weighted by Gasteiger charge is -2.16. The third-order valence-corrected chi connectivity index (χ3v) is 5.20. The number of methoxy groups -OCH3 is 2. The van der Waals surface area contributed by atoms with E-state index in [0.29, 0.717) is 35.1 Å². The molecule has 3 amide bonds. The molecule has 2 aliphatic rings. The van der Waals surface area contributed by atoms with Crippen molar-refractivity contribution in [3.05, 3.63) is 29.3 Å². The van der Waals surface area contributed by atoms with Gasteiger partial charge < -0.3 is 14.8 Å². The molecule has 8 heteroatoms. The summed E-state index contributed by atoms with van der Waals surface area (Å²) < 4.78 is 10.4. The number of rotatable bonds is 6. The number of imide groups is 1. The van der Waals surface area contributed by atoms with Gasteiger partial charge in [-0.15, -0.1) is 0 Å². The summed E-state index contributed by atoms with van der Waals surface area (Å²) in [5.41, 5.74) is 0.394. The summed E-state index contributed by atoms with van der Waals surface area (Å²) in [6.45, 7) is 0.0582. The molecule has 1 aliphatic carbocycles. The van der Waals surface area contributed by atoms with E-state index < -0.39 is 0 Å². The second-order valence-corrected chi connectivity index (χ2v) is 6.88. The molecule has 2 atom stereocenters. The second-order valence-electron chi connectivity index (χ2n) is 6.47. The van der Waals surface area contributed by atoms with E-state index in [-0.39, 0.29) is 42.5 Å². The van der Waals surface area contributed by atoms with E-state index in [4.69, 9.17) is 21.1 Å². The van der Waals surface area contributed by atoms with Gasteiger partial charge in [0.2, 0.25) is 17.7 Å². The first kappa shape index (κ1) is 19.2. The number of hydrogen-bond donors (Lipinski definition) is 1. The number of ether oxygens (including phenoxy) is 2. The van der Waals surface area contributed by atoms with Crippen molar-refractivity contribution in [3.8, 4) is 11.5 Å². The number of nitrogens with zero attached hydrogens (tertiary/aromatic N) is 1. The first-order valence-corrected chi connectivity index (χ1v) is 9.05. The van der Waals surface area contributed by atoms with Gasteiger partial charge in [0.15, 0.2) is 0 Å². The Morgan fingerprint density at radius 3 is 2.26 bits per heavy atom. The van der Waals surface area contributed by atoms with Gasteiger partial charge in [0.05, 0.1) is 36.8 Å². The molecule has 1 aliphatic heterocycles. The SMILES string of the molecule is COc1cc(OC)c(NC(=O)CCN2C(=O)[C@@H]3CC=CC[C@H]3C2=O)cc1Cl. The molecule has 1 aromatic rings. The molecule has 27 heavy (non-hydrogen) atoms. The van der Waals surface area contributed by atoms with Crippen LogP contribution in [0.1, 0.15) is 19.3 Å². The van der Waals surface area contributed by atoms with E-state index in [0.717, 1.165) is 0 Å². The molecule has 144 valence electrons. The lowest BCUT2D eigenvalue weighted by atomic mass is 9.85. The monoisotopic (exact) mass is 392 g/mol. The summed E-state index contributed by atoms with van der Waals surface area (Å²) in [6, 6.07) is 3.10. The zero-order valence-electron chi connectivity index (χ0n) is 15.2. The van der Waals surface area contributed by atoms with E-state index in [1.807, 2.05) is 12.2 Å². The van der Waals surface area contributed by atoms with Crippen LogP contribution in [0.4, 0.5) is 5.69 Å². The Kier molecular flexibility index (Phi) is 5.70. The van der Waals surface area contributed by atoms with Crippen LogP contribution in [-0.2, 0) is 14.4 Å². The summed E-state index contributed by atoms with van der Waals surface area (Å²) in [6.07, 6.45) is 5.03. The van der Waals surface area contributed by atoms with E-state index in [9.17, 15) is 14.4 Å². The number of nitrogens with one attached hydrogen (secondary N) is 1. The molecule has 7 nitrogen and oxygen atoms in total. The number of hydrogen-bond acceptors (Lipinski definition) is 5. The Labute approximate surface area is 162 Å². The number of amides is 3. The summed E-state index contributed by atoms with van der Waals surface area (Å²) in [5, 5.41) is 3.03. The lowest BCUT2D eigenvalue weighted by Crippen LogP contribution is -2.34. The molecule has 0 spiro atoms. The van der Waals surface area contributed by atoms with Gasteiger partial charge in [0.1, 0.15) is 11.5 Å². The molecule has 0 saturated carbocycles. The molecule has 1 N–H and O–H groups in total. The maximum Gasteiger partial charge on any atom is 0.233 e. The summed E-state index contributed by atoms with van der Waals surface area (Å²) in [4.78, 5) is 38.4. The standard InChI is InChI=1S/C19H21ClN2O5/c1-26-15-10-16(27-2)14(9-13(15)20)21-17(23)7-8-22-18(24)11-5-3-4-6-12(11)19(22)25/h3-4,9-12H,5-8H2,1-2H3,(H,21,23)/t11-,12-/m1/s1. The van der Waals surface area contributed by atoms with Crippen LogP contribution < -0.4 is 14.8 Å². The first-order valence-electron chi connectivity index (χ1n) is 8.67. The van der Waals surface area contributed by atoms with Crippen molar-refractivity contribution in [2.24, 2.45) is 11.8 Å². The number of likely N-dealkylation sites (tertiary alicyclic amines) is 1. The van der Waals surface area contributed by atoms with Crippen LogP contribution >= 0.6 is 11.6 Å². The van der Waals surface area contributed by atoms with Gasteiger partial charge in [0, 0.05) is 19.0 Å². The minimum atomic E-state index is -0.344. The Balaban J connectivity index is 1.63. The maximum absolute atomic E-state index is 12.4. The van der Waals surface area contributed by atoms with Crippen molar-refractivity contribution in [1.29, 1.82) is 0 Å². The van der Waals surface area contributed by atoms with Gasteiger partial charge in [-0.1, -0.05) is 23.8 Å². The highest BCUT2D eigenvalue weighted by Gasteiger charge is 2.46. The molecule has 0 bridgehead atoms. The molecule has 1 heterocycles. The molecule has 1 fully saturated rings. The fraction of sp³-hybridized carbons (Fsp3) is 0.421. The number of fused-ring (bicyclic) bond motifs is 1. The summed E-state index contributed by atoms with van der Waals surface area (Å²) in [5.74, 6) is -0.467. The average Bonchev–Trinajstić information content (AvgIpc) is 2.91. The van der Waals surface area contributed by atoms with Crippen molar-refractivity contribution in [1.82, 2.24) is 4.90 Å². The van der Waals surface area contributed by atoms with Crippen LogP contribution in [0.25, 0.3) is 0 Å². The third kappa shape index (κ3) is 3.78. The van der Waals surface area contributed by atoms with Gasteiger partial charge in [-0.2, -0.15) is 0 Å². The number of anilines is 1. The summed E-state index contributed by atoms with van der Waals surface area (Å²) >= 11 is 6.10. The van der Waals surface area contributed by atoms with Crippen LogP contribution in [0.15, 0.2) is 24.3 Å². The van der Waals surface area contributed by atoms with Gasteiger partial charge >= 0.3 is 0 Å². The first-order chi connectivity index (χ1) is 13.0. The largest absolute Gasteiger partial charge is 0.495 e. The molecule has 1 saturated heterocycles. The van der Waals surface area contributed by atoms with Crippen molar-refractivity contribution in [2.75, 3.05) is 26.1 Å². The van der Waals surface area contributed by atoms with Crippen LogP contribution in [0.3, 0.4) is 0 Å². The van der Waals surface area contributed by atoms with Crippen LogP contribution in [-0.4, -0.2) is 43.4 Å².